The molecule has 0 saturated carbocycles. The first kappa shape index (κ1) is 15.0. The molecule has 0 unspecified atom stereocenters. The quantitative estimate of drug-likeness (QED) is 0.830. The van der Waals surface area contributed by atoms with Crippen LogP contribution in [-0.2, 0) is 16.4 Å². The molecular formula is C14H18N2O2S2. The Bertz CT molecular complexity index is 733. The van der Waals surface area contributed by atoms with E-state index in [1.54, 1.807) is 6.92 Å². The number of hydrogen-bond acceptors (Lipinski definition) is 3. The third-order valence-corrected chi connectivity index (χ3v) is 5.38. The Morgan fingerprint density at radius 3 is 2.75 bits per heavy atom. The van der Waals surface area contributed by atoms with Gasteiger partial charge in [0, 0.05) is 35.0 Å². The van der Waals surface area contributed by atoms with Gasteiger partial charge in [0.05, 0.1) is 5.75 Å². The molecule has 0 spiro atoms. The largest absolute Gasteiger partial charge is 0.389 e. The summed E-state index contributed by atoms with van der Waals surface area (Å²) in [5.41, 5.74) is 7.53. The van der Waals surface area contributed by atoms with Crippen molar-refractivity contribution >= 4 is 37.9 Å². The molecule has 2 N–H and O–H groups in total. The van der Waals surface area contributed by atoms with Crippen LogP contribution in [0.4, 0.5) is 0 Å². The maximum absolute atomic E-state index is 11.5. The highest BCUT2D eigenvalue weighted by Gasteiger charge is 2.08. The number of aromatic nitrogens is 1. The number of aryl methyl sites for hydroxylation is 1. The van der Waals surface area contributed by atoms with Gasteiger partial charge in [-0.05, 0) is 30.7 Å². The first-order valence-corrected chi connectivity index (χ1v) is 8.75. The molecule has 108 valence electrons. The van der Waals surface area contributed by atoms with Gasteiger partial charge in [-0.25, -0.2) is 8.42 Å². The second-order valence-electron chi connectivity index (χ2n) is 4.74. The summed E-state index contributed by atoms with van der Waals surface area (Å²) < 4.78 is 25.0. The second-order valence-corrected chi connectivity index (χ2v) is 7.65. The molecule has 0 aliphatic carbocycles. The van der Waals surface area contributed by atoms with Crippen LogP contribution >= 0.6 is 12.2 Å². The first-order valence-electron chi connectivity index (χ1n) is 6.52. The molecule has 6 heteroatoms. The van der Waals surface area contributed by atoms with E-state index in [9.17, 15) is 8.42 Å². The minimum atomic E-state index is -2.89. The SMILES string of the molecule is CCS(=O)(=O)CCCn1ccc2cc(C(N)=S)ccc21. The summed E-state index contributed by atoms with van der Waals surface area (Å²) in [6.07, 6.45) is 2.59. The Morgan fingerprint density at radius 2 is 2.10 bits per heavy atom. The van der Waals surface area contributed by atoms with Crippen LogP contribution in [0.5, 0.6) is 0 Å². The molecule has 0 saturated heterocycles. The lowest BCUT2D eigenvalue weighted by molar-refractivity contribution is 0.589. The number of nitrogens with zero attached hydrogens (tertiary/aromatic N) is 1. The molecule has 1 heterocycles. The van der Waals surface area contributed by atoms with E-state index in [0.717, 1.165) is 16.5 Å². The van der Waals surface area contributed by atoms with Crippen molar-refractivity contribution in [2.45, 2.75) is 19.9 Å². The van der Waals surface area contributed by atoms with Crippen molar-refractivity contribution in [3.8, 4) is 0 Å². The van der Waals surface area contributed by atoms with E-state index >= 15 is 0 Å². The van der Waals surface area contributed by atoms with Gasteiger partial charge in [0.15, 0.2) is 0 Å². The highest BCUT2D eigenvalue weighted by Crippen LogP contribution is 2.18. The van der Waals surface area contributed by atoms with Gasteiger partial charge in [0.25, 0.3) is 0 Å². The van der Waals surface area contributed by atoms with Crippen molar-refractivity contribution in [2.75, 3.05) is 11.5 Å². The molecule has 2 aromatic rings. The molecule has 1 aromatic heterocycles. The molecule has 20 heavy (non-hydrogen) atoms. The molecule has 0 radical (unpaired) electrons. The van der Waals surface area contributed by atoms with Crippen LogP contribution in [0.3, 0.4) is 0 Å². The van der Waals surface area contributed by atoms with Crippen LogP contribution in [0, 0.1) is 0 Å². The minimum Gasteiger partial charge on any atom is -0.389 e. The van der Waals surface area contributed by atoms with Crippen molar-refractivity contribution < 1.29 is 8.42 Å². The fourth-order valence-electron chi connectivity index (χ4n) is 2.15. The molecule has 0 aliphatic rings. The summed E-state index contributed by atoms with van der Waals surface area (Å²) in [5.74, 6) is 0.435. The minimum absolute atomic E-state index is 0.205. The maximum atomic E-state index is 11.5. The molecule has 1 aromatic carbocycles. The van der Waals surface area contributed by atoms with Crippen LogP contribution < -0.4 is 5.73 Å². The van der Waals surface area contributed by atoms with Crippen LogP contribution in [0.15, 0.2) is 30.5 Å². The van der Waals surface area contributed by atoms with E-state index in [0.29, 0.717) is 18.0 Å². The van der Waals surface area contributed by atoms with Gasteiger partial charge in [-0.2, -0.15) is 0 Å². The molecule has 0 bridgehead atoms. The van der Waals surface area contributed by atoms with Gasteiger partial charge >= 0.3 is 0 Å². The van der Waals surface area contributed by atoms with E-state index in [-0.39, 0.29) is 11.5 Å². The normalized spacial score (nSPS) is 11.8. The summed E-state index contributed by atoms with van der Waals surface area (Å²) >= 11 is 4.96. The number of hydrogen-bond donors (Lipinski definition) is 1. The molecule has 0 atom stereocenters. The van der Waals surface area contributed by atoms with E-state index < -0.39 is 9.84 Å². The van der Waals surface area contributed by atoms with E-state index in [1.165, 1.54) is 0 Å². The summed E-state index contributed by atoms with van der Waals surface area (Å²) in [7, 11) is -2.89. The predicted octanol–water partition coefficient (Wildman–Crippen LogP) is 2.10. The zero-order chi connectivity index (χ0) is 14.8. The summed E-state index contributed by atoms with van der Waals surface area (Å²) in [5, 5.41) is 1.06. The Kier molecular flexibility index (Phi) is 4.45. The zero-order valence-electron chi connectivity index (χ0n) is 11.4. The van der Waals surface area contributed by atoms with Crippen molar-refractivity contribution in [1.29, 1.82) is 0 Å². The molecule has 0 aliphatic heterocycles. The lowest BCUT2D eigenvalue weighted by Gasteiger charge is -2.06. The van der Waals surface area contributed by atoms with E-state index in [2.05, 4.69) is 4.57 Å². The molecule has 2 rings (SSSR count). The number of sulfone groups is 1. The standard InChI is InChI=1S/C14H18N2O2S2/c1-2-20(17,18)9-3-7-16-8-6-11-10-12(14(15)19)4-5-13(11)16/h4-6,8,10H,2-3,7,9H2,1H3,(H2,15,19). The molecule has 0 amide bonds. The van der Waals surface area contributed by atoms with Crippen molar-refractivity contribution in [3.05, 3.63) is 36.0 Å². The van der Waals surface area contributed by atoms with Gasteiger partial charge < -0.3 is 10.3 Å². The summed E-state index contributed by atoms with van der Waals surface area (Å²) in [6.45, 7) is 2.37. The van der Waals surface area contributed by atoms with Crippen molar-refractivity contribution in [3.63, 3.8) is 0 Å². The van der Waals surface area contributed by atoms with Crippen LogP contribution in [0.2, 0.25) is 0 Å². The highest BCUT2D eigenvalue weighted by atomic mass is 32.2. The monoisotopic (exact) mass is 310 g/mol. The van der Waals surface area contributed by atoms with Crippen LogP contribution in [0.1, 0.15) is 18.9 Å². The summed E-state index contributed by atoms with van der Waals surface area (Å²) in [4.78, 5) is 0.383. The third-order valence-electron chi connectivity index (χ3n) is 3.35. The Morgan fingerprint density at radius 1 is 1.35 bits per heavy atom. The topological polar surface area (TPSA) is 65.1 Å². The van der Waals surface area contributed by atoms with E-state index in [1.807, 2.05) is 30.5 Å². The second kappa shape index (κ2) is 5.93. The average molecular weight is 310 g/mol. The first-order chi connectivity index (χ1) is 9.43. The number of thiocarbonyl (C=S) groups is 1. The van der Waals surface area contributed by atoms with Gasteiger partial charge in [-0.3, -0.25) is 0 Å². The van der Waals surface area contributed by atoms with Gasteiger partial charge in [0.1, 0.15) is 14.8 Å². The zero-order valence-corrected chi connectivity index (χ0v) is 13.0. The molecular weight excluding hydrogens is 292 g/mol. The lowest BCUT2D eigenvalue weighted by atomic mass is 10.1. The van der Waals surface area contributed by atoms with Gasteiger partial charge in [0.2, 0.25) is 0 Å². The highest BCUT2D eigenvalue weighted by molar-refractivity contribution is 7.91. The molecule has 0 fully saturated rings. The average Bonchev–Trinajstić information content (AvgIpc) is 2.81. The third kappa shape index (κ3) is 3.37. The Balaban J connectivity index is 2.14. The van der Waals surface area contributed by atoms with Gasteiger partial charge in [-0.15, -0.1) is 0 Å². The number of benzene rings is 1. The lowest BCUT2D eigenvalue weighted by Crippen LogP contribution is -2.11. The Labute approximate surface area is 124 Å². The fourth-order valence-corrected chi connectivity index (χ4v) is 3.13. The number of rotatable bonds is 6. The summed E-state index contributed by atoms with van der Waals surface area (Å²) in [6, 6.07) is 7.81. The Hall–Kier alpha value is -1.40. The van der Waals surface area contributed by atoms with Crippen molar-refractivity contribution in [2.24, 2.45) is 5.73 Å². The smallest absolute Gasteiger partial charge is 0.150 e. The van der Waals surface area contributed by atoms with E-state index in [4.69, 9.17) is 18.0 Å². The van der Waals surface area contributed by atoms with Crippen LogP contribution in [-0.4, -0.2) is 29.5 Å². The fraction of sp³-hybridized carbons (Fsp3) is 0.357. The van der Waals surface area contributed by atoms with Crippen LogP contribution in [0.25, 0.3) is 10.9 Å². The maximum Gasteiger partial charge on any atom is 0.150 e. The van der Waals surface area contributed by atoms with Crippen molar-refractivity contribution in [1.82, 2.24) is 4.57 Å². The number of nitrogens with two attached hydrogens (primary N) is 1. The predicted molar refractivity (Wildman–Crippen MR) is 86.8 cm³/mol. The van der Waals surface area contributed by atoms with Gasteiger partial charge in [-0.1, -0.05) is 19.1 Å². The number of fused-ring (bicyclic) bond motifs is 1. The molecule has 4 nitrogen and oxygen atoms in total.